The number of aryl methyl sites for hydroxylation is 1. The second-order valence-corrected chi connectivity index (χ2v) is 6.08. The molecule has 1 unspecified atom stereocenters. The fraction of sp³-hybridized carbons (Fsp3) is 0.667. The van der Waals surface area contributed by atoms with E-state index in [1.165, 1.54) is 9.75 Å². The van der Waals surface area contributed by atoms with Crippen LogP contribution in [0, 0.1) is 6.92 Å². The molecule has 0 aliphatic heterocycles. The highest BCUT2D eigenvalue weighted by Gasteiger charge is 2.16. The van der Waals surface area contributed by atoms with Crippen LogP contribution in [0.25, 0.3) is 0 Å². The first-order valence-electron chi connectivity index (χ1n) is 5.89. The van der Waals surface area contributed by atoms with Gasteiger partial charge in [-0.05, 0) is 41.9 Å². The summed E-state index contributed by atoms with van der Waals surface area (Å²) in [4.78, 5) is 2.43. The van der Waals surface area contributed by atoms with Gasteiger partial charge in [0.25, 0.3) is 6.43 Å². The smallest absolute Gasteiger partial charge is 0.261 e. The number of halogens is 3. The van der Waals surface area contributed by atoms with E-state index < -0.39 is 13.0 Å². The zero-order chi connectivity index (χ0) is 13.5. The predicted octanol–water partition coefficient (Wildman–Crippen LogP) is 4.14. The van der Waals surface area contributed by atoms with Gasteiger partial charge in [-0.25, -0.2) is 8.78 Å². The molecule has 6 heteroatoms. The van der Waals surface area contributed by atoms with E-state index in [4.69, 9.17) is 4.74 Å². The zero-order valence-electron chi connectivity index (χ0n) is 10.5. The summed E-state index contributed by atoms with van der Waals surface area (Å²) >= 11 is 5.24. The number of hydrogen-bond acceptors (Lipinski definition) is 3. The number of alkyl halides is 2. The van der Waals surface area contributed by atoms with E-state index in [0.717, 1.165) is 11.0 Å². The van der Waals surface area contributed by atoms with E-state index in [9.17, 15) is 8.78 Å². The van der Waals surface area contributed by atoms with Crippen LogP contribution in [0.2, 0.25) is 0 Å². The average molecular weight is 342 g/mol. The van der Waals surface area contributed by atoms with E-state index in [1.54, 1.807) is 11.3 Å². The molecule has 0 aliphatic carbocycles. The first kappa shape index (κ1) is 16.0. The van der Waals surface area contributed by atoms with Gasteiger partial charge in [-0.3, -0.25) is 0 Å². The SMILES string of the molecule is CCNC(CCOCC(F)F)c1sc(C)cc1Br. The van der Waals surface area contributed by atoms with Crippen molar-refractivity contribution in [3.8, 4) is 0 Å². The van der Waals surface area contributed by atoms with E-state index in [2.05, 4.69) is 34.2 Å². The van der Waals surface area contributed by atoms with E-state index >= 15 is 0 Å². The summed E-state index contributed by atoms with van der Waals surface area (Å²) in [6, 6.07) is 2.23. The van der Waals surface area contributed by atoms with Crippen molar-refractivity contribution in [2.45, 2.75) is 32.7 Å². The Labute approximate surface area is 119 Å². The van der Waals surface area contributed by atoms with Crippen molar-refractivity contribution in [3.63, 3.8) is 0 Å². The highest BCUT2D eigenvalue weighted by Crippen LogP contribution is 2.33. The highest BCUT2D eigenvalue weighted by molar-refractivity contribution is 9.10. The first-order valence-corrected chi connectivity index (χ1v) is 7.50. The monoisotopic (exact) mass is 341 g/mol. The summed E-state index contributed by atoms with van der Waals surface area (Å²) in [5.41, 5.74) is 0. The Bertz CT molecular complexity index is 360. The van der Waals surface area contributed by atoms with Crippen LogP contribution >= 0.6 is 27.3 Å². The summed E-state index contributed by atoms with van der Waals surface area (Å²) in [5, 5.41) is 3.35. The molecule has 18 heavy (non-hydrogen) atoms. The van der Waals surface area contributed by atoms with E-state index in [-0.39, 0.29) is 6.04 Å². The summed E-state index contributed by atoms with van der Waals surface area (Å²) < 4.78 is 29.9. The number of hydrogen-bond donors (Lipinski definition) is 1. The maximum absolute atomic E-state index is 12.0. The number of thiophene rings is 1. The molecule has 1 N–H and O–H groups in total. The molecule has 1 rings (SSSR count). The van der Waals surface area contributed by atoms with Crippen LogP contribution in [0.5, 0.6) is 0 Å². The van der Waals surface area contributed by atoms with Crippen molar-refractivity contribution in [2.75, 3.05) is 19.8 Å². The lowest BCUT2D eigenvalue weighted by Gasteiger charge is -2.17. The minimum absolute atomic E-state index is 0.153. The van der Waals surface area contributed by atoms with Crippen LogP contribution in [0.1, 0.15) is 29.1 Å². The normalized spacial score (nSPS) is 13.2. The van der Waals surface area contributed by atoms with Crippen LogP contribution in [0.3, 0.4) is 0 Å². The molecule has 0 saturated heterocycles. The maximum Gasteiger partial charge on any atom is 0.261 e. The summed E-state index contributed by atoms with van der Waals surface area (Å²) in [7, 11) is 0. The fourth-order valence-corrected chi connectivity index (χ4v) is 3.72. The maximum atomic E-state index is 12.0. The fourth-order valence-electron chi connectivity index (χ4n) is 1.68. The van der Waals surface area contributed by atoms with Crippen LogP contribution in [0.4, 0.5) is 8.78 Å². The van der Waals surface area contributed by atoms with Gasteiger partial charge in [-0.2, -0.15) is 0 Å². The van der Waals surface area contributed by atoms with Crippen molar-refractivity contribution in [1.82, 2.24) is 5.32 Å². The summed E-state index contributed by atoms with van der Waals surface area (Å²) in [6.45, 7) is 4.77. The molecule has 0 spiro atoms. The van der Waals surface area contributed by atoms with Gasteiger partial charge in [0.05, 0.1) is 0 Å². The predicted molar refractivity (Wildman–Crippen MR) is 74.6 cm³/mol. The molecule has 0 aliphatic rings. The zero-order valence-corrected chi connectivity index (χ0v) is 12.9. The van der Waals surface area contributed by atoms with Crippen LogP contribution in [0.15, 0.2) is 10.5 Å². The third-order valence-corrected chi connectivity index (χ3v) is 4.48. The van der Waals surface area contributed by atoms with Crippen molar-refractivity contribution in [1.29, 1.82) is 0 Å². The lowest BCUT2D eigenvalue weighted by atomic mass is 10.2. The Hall–Kier alpha value is -0.0400. The molecule has 0 saturated carbocycles. The molecule has 0 radical (unpaired) electrons. The van der Waals surface area contributed by atoms with Crippen LogP contribution < -0.4 is 5.32 Å². The molecular formula is C12H18BrF2NOS. The third-order valence-electron chi connectivity index (χ3n) is 2.40. The number of ether oxygens (including phenoxy) is 1. The molecule has 0 fully saturated rings. The Morgan fingerprint density at radius 2 is 2.22 bits per heavy atom. The van der Waals surface area contributed by atoms with Crippen molar-refractivity contribution in [2.24, 2.45) is 0 Å². The van der Waals surface area contributed by atoms with Gasteiger partial charge in [-0.15, -0.1) is 11.3 Å². The van der Waals surface area contributed by atoms with Gasteiger partial charge >= 0.3 is 0 Å². The Morgan fingerprint density at radius 3 is 2.72 bits per heavy atom. The Kier molecular flexibility index (Phi) is 7.29. The molecule has 0 aromatic carbocycles. The van der Waals surface area contributed by atoms with Gasteiger partial charge in [0.2, 0.25) is 0 Å². The van der Waals surface area contributed by atoms with Gasteiger partial charge in [0.15, 0.2) is 0 Å². The summed E-state index contributed by atoms with van der Waals surface area (Å²) in [6.07, 6.45) is -1.70. The van der Waals surface area contributed by atoms with E-state index in [0.29, 0.717) is 13.0 Å². The lowest BCUT2D eigenvalue weighted by Crippen LogP contribution is -2.22. The second kappa shape index (κ2) is 8.19. The molecule has 0 bridgehead atoms. The molecule has 0 amide bonds. The van der Waals surface area contributed by atoms with Crippen molar-refractivity contribution in [3.05, 3.63) is 20.3 Å². The minimum Gasteiger partial charge on any atom is -0.375 e. The van der Waals surface area contributed by atoms with Gasteiger partial charge in [0, 0.05) is 26.9 Å². The molecular weight excluding hydrogens is 324 g/mol. The third kappa shape index (κ3) is 5.30. The largest absolute Gasteiger partial charge is 0.375 e. The molecule has 1 atom stereocenters. The molecule has 104 valence electrons. The van der Waals surface area contributed by atoms with Crippen molar-refractivity contribution >= 4 is 27.3 Å². The second-order valence-electron chi connectivity index (χ2n) is 3.93. The standard InChI is InChI=1S/C12H18BrF2NOS/c1-3-16-10(4-5-17-7-11(14)15)12-9(13)6-8(2)18-12/h6,10-11,16H,3-5,7H2,1-2H3. The molecule has 1 aromatic heterocycles. The van der Waals surface area contributed by atoms with Crippen molar-refractivity contribution < 1.29 is 13.5 Å². The molecule has 2 nitrogen and oxygen atoms in total. The first-order chi connectivity index (χ1) is 8.54. The average Bonchev–Trinajstić information content (AvgIpc) is 2.62. The Morgan fingerprint density at radius 1 is 1.50 bits per heavy atom. The van der Waals surface area contributed by atoms with Crippen LogP contribution in [-0.4, -0.2) is 26.2 Å². The van der Waals surface area contributed by atoms with Gasteiger partial charge in [-0.1, -0.05) is 6.92 Å². The minimum atomic E-state index is -2.39. The lowest BCUT2D eigenvalue weighted by molar-refractivity contribution is 0.0144. The Balaban J connectivity index is 2.52. The van der Waals surface area contributed by atoms with E-state index in [1.807, 2.05) is 6.92 Å². The molecule has 1 aromatic rings. The quantitative estimate of drug-likeness (QED) is 0.717. The summed E-state index contributed by atoms with van der Waals surface area (Å²) in [5.74, 6) is 0. The van der Waals surface area contributed by atoms with Gasteiger partial charge < -0.3 is 10.1 Å². The number of nitrogens with one attached hydrogen (secondary N) is 1. The molecule has 1 heterocycles. The van der Waals surface area contributed by atoms with Gasteiger partial charge in [0.1, 0.15) is 6.61 Å². The van der Waals surface area contributed by atoms with Crippen LogP contribution in [-0.2, 0) is 4.74 Å². The highest BCUT2D eigenvalue weighted by atomic mass is 79.9. The number of rotatable bonds is 8. The topological polar surface area (TPSA) is 21.3 Å².